The van der Waals surface area contributed by atoms with Gasteiger partial charge in [0.2, 0.25) is 0 Å². The lowest BCUT2D eigenvalue weighted by molar-refractivity contribution is 0.328. The summed E-state index contributed by atoms with van der Waals surface area (Å²) in [6.07, 6.45) is 7.36. The van der Waals surface area contributed by atoms with Crippen LogP contribution in [0.15, 0.2) is 0 Å². The lowest BCUT2D eigenvalue weighted by Gasteiger charge is -2.38. The standard InChI is InChI=1S/C16H34S8/c17-7-5-13(22)2-1-12(21)3-4-14(23)9-16(10-19,11-20)15(24)6-8-18/h12-15,17-24H,1-11H2. The second-order valence-electron chi connectivity index (χ2n) is 6.54. The van der Waals surface area contributed by atoms with Crippen LogP contribution in [0.2, 0.25) is 0 Å². The topological polar surface area (TPSA) is 0 Å². The van der Waals surface area contributed by atoms with E-state index in [0.717, 1.165) is 68.0 Å². The maximum atomic E-state index is 4.83. The molecule has 0 rings (SSSR count). The molecule has 0 radical (unpaired) electrons. The lowest BCUT2D eigenvalue weighted by atomic mass is 9.81. The third-order valence-electron chi connectivity index (χ3n) is 4.51. The number of rotatable bonds is 15. The Balaban J connectivity index is 4.31. The van der Waals surface area contributed by atoms with Gasteiger partial charge in [-0.3, -0.25) is 0 Å². The SMILES string of the molecule is SCCC(S)CCC(S)CCC(S)CC(CS)(CS)C(S)CCS. The monoisotopic (exact) mass is 482 g/mol. The van der Waals surface area contributed by atoms with Gasteiger partial charge in [0.05, 0.1) is 0 Å². The third kappa shape index (κ3) is 11.0. The van der Waals surface area contributed by atoms with E-state index in [1.165, 1.54) is 0 Å². The van der Waals surface area contributed by atoms with Gasteiger partial charge in [-0.15, -0.1) is 0 Å². The zero-order chi connectivity index (χ0) is 18.6. The summed E-state index contributed by atoms with van der Waals surface area (Å²) < 4.78 is 0. The summed E-state index contributed by atoms with van der Waals surface area (Å²) in [6, 6.07) is 0. The molecule has 0 heterocycles. The van der Waals surface area contributed by atoms with E-state index < -0.39 is 0 Å². The molecule has 0 aliphatic heterocycles. The van der Waals surface area contributed by atoms with Crippen molar-refractivity contribution in [1.29, 1.82) is 0 Å². The van der Waals surface area contributed by atoms with Crippen LogP contribution in [0.3, 0.4) is 0 Å². The van der Waals surface area contributed by atoms with E-state index in [2.05, 4.69) is 63.1 Å². The van der Waals surface area contributed by atoms with E-state index in [0.29, 0.717) is 15.7 Å². The molecule has 0 aromatic heterocycles. The van der Waals surface area contributed by atoms with Crippen molar-refractivity contribution in [2.75, 3.05) is 23.0 Å². The average molecular weight is 483 g/mol. The summed E-state index contributed by atoms with van der Waals surface area (Å²) in [5.74, 6) is 3.30. The molecule has 146 valence electrons. The summed E-state index contributed by atoms with van der Waals surface area (Å²) in [4.78, 5) is 0. The molecule has 0 spiro atoms. The predicted molar refractivity (Wildman–Crippen MR) is 141 cm³/mol. The fraction of sp³-hybridized carbons (Fsp3) is 1.00. The van der Waals surface area contributed by atoms with Crippen molar-refractivity contribution in [2.45, 2.75) is 65.9 Å². The van der Waals surface area contributed by atoms with Gasteiger partial charge in [0.25, 0.3) is 0 Å². The van der Waals surface area contributed by atoms with Crippen LogP contribution in [-0.2, 0) is 0 Å². The Hall–Kier alpha value is 2.80. The van der Waals surface area contributed by atoms with Crippen molar-refractivity contribution < 1.29 is 0 Å². The minimum atomic E-state index is 0.0132. The predicted octanol–water partition coefficient (Wildman–Crippen LogP) is 5.62. The zero-order valence-electron chi connectivity index (χ0n) is 14.2. The first-order chi connectivity index (χ1) is 11.3. The van der Waals surface area contributed by atoms with E-state index >= 15 is 0 Å². The Morgan fingerprint density at radius 3 is 1.38 bits per heavy atom. The van der Waals surface area contributed by atoms with Gasteiger partial charge in [-0.05, 0) is 68.0 Å². The maximum absolute atomic E-state index is 4.83. The lowest BCUT2D eigenvalue weighted by Crippen LogP contribution is -2.38. The van der Waals surface area contributed by atoms with Crippen molar-refractivity contribution in [1.82, 2.24) is 0 Å². The van der Waals surface area contributed by atoms with Gasteiger partial charge < -0.3 is 0 Å². The normalized spacial score (nSPS) is 17.5. The van der Waals surface area contributed by atoms with Crippen molar-refractivity contribution in [3.05, 3.63) is 0 Å². The number of hydrogen-bond acceptors (Lipinski definition) is 8. The smallest absolute Gasteiger partial charge is 0.00970 e. The van der Waals surface area contributed by atoms with Crippen molar-refractivity contribution in [3.8, 4) is 0 Å². The van der Waals surface area contributed by atoms with Crippen LogP contribution in [0.1, 0.15) is 44.9 Å². The molecule has 0 bridgehead atoms. The van der Waals surface area contributed by atoms with E-state index in [9.17, 15) is 0 Å². The van der Waals surface area contributed by atoms with Gasteiger partial charge in [-0.25, -0.2) is 0 Å². The van der Waals surface area contributed by atoms with Crippen LogP contribution in [-0.4, -0.2) is 44.0 Å². The molecule has 0 N–H and O–H groups in total. The number of hydrogen-bond donors (Lipinski definition) is 8. The van der Waals surface area contributed by atoms with Crippen LogP contribution >= 0.6 is 101 Å². The molecule has 0 aromatic rings. The zero-order valence-corrected chi connectivity index (χ0v) is 21.3. The molecule has 4 atom stereocenters. The highest BCUT2D eigenvalue weighted by Gasteiger charge is 2.35. The molecule has 0 aliphatic rings. The summed E-state index contributed by atoms with van der Waals surface area (Å²) in [6.45, 7) is 0. The van der Waals surface area contributed by atoms with E-state index in [1.807, 2.05) is 0 Å². The molecule has 8 heteroatoms. The quantitative estimate of drug-likeness (QED) is 0.137. The van der Waals surface area contributed by atoms with Crippen LogP contribution in [0.25, 0.3) is 0 Å². The van der Waals surface area contributed by atoms with E-state index in [4.69, 9.17) is 37.9 Å². The fourth-order valence-electron chi connectivity index (χ4n) is 2.73. The molecular formula is C16H34S8. The van der Waals surface area contributed by atoms with Gasteiger partial charge in [0, 0.05) is 26.4 Å². The molecule has 0 nitrogen and oxygen atoms in total. The highest BCUT2D eigenvalue weighted by Crippen LogP contribution is 2.38. The second-order valence-corrected chi connectivity index (χ2v) is 10.9. The third-order valence-corrected chi connectivity index (χ3v) is 8.57. The molecule has 4 unspecified atom stereocenters. The summed E-state index contributed by atoms with van der Waals surface area (Å²) >= 11 is 36.7. The Kier molecular flexibility index (Phi) is 17.5. The van der Waals surface area contributed by atoms with Crippen molar-refractivity contribution >= 4 is 101 Å². The molecule has 0 amide bonds. The Morgan fingerprint density at radius 2 is 0.958 bits per heavy atom. The highest BCUT2D eigenvalue weighted by atomic mass is 32.1. The molecule has 0 fully saturated rings. The van der Waals surface area contributed by atoms with Crippen LogP contribution in [0.5, 0.6) is 0 Å². The van der Waals surface area contributed by atoms with Crippen molar-refractivity contribution in [2.24, 2.45) is 5.41 Å². The van der Waals surface area contributed by atoms with Crippen LogP contribution in [0.4, 0.5) is 0 Å². The molecular weight excluding hydrogens is 449 g/mol. The van der Waals surface area contributed by atoms with Gasteiger partial charge in [-0.2, -0.15) is 101 Å². The van der Waals surface area contributed by atoms with Crippen molar-refractivity contribution in [3.63, 3.8) is 0 Å². The molecule has 0 saturated heterocycles. The van der Waals surface area contributed by atoms with Gasteiger partial charge in [-0.1, -0.05) is 0 Å². The van der Waals surface area contributed by atoms with E-state index in [1.54, 1.807) is 0 Å². The van der Waals surface area contributed by atoms with Gasteiger partial charge >= 0.3 is 0 Å². The first-order valence-electron chi connectivity index (χ1n) is 8.50. The van der Waals surface area contributed by atoms with Gasteiger partial charge in [0.15, 0.2) is 0 Å². The van der Waals surface area contributed by atoms with Crippen LogP contribution in [0, 0.1) is 5.41 Å². The second kappa shape index (κ2) is 15.7. The summed E-state index contributed by atoms with van der Waals surface area (Å²) in [5, 5.41) is 1.45. The Labute approximate surface area is 193 Å². The minimum Gasteiger partial charge on any atom is -0.179 e. The number of thiol groups is 8. The molecule has 0 saturated carbocycles. The first-order valence-corrected chi connectivity index (χ1v) is 13.1. The highest BCUT2D eigenvalue weighted by molar-refractivity contribution is 7.83. The minimum absolute atomic E-state index is 0.0132. The molecule has 0 aliphatic carbocycles. The fourth-order valence-corrected chi connectivity index (χ4v) is 6.60. The van der Waals surface area contributed by atoms with E-state index in [-0.39, 0.29) is 10.7 Å². The Bertz CT molecular complexity index is 298. The van der Waals surface area contributed by atoms with Gasteiger partial charge in [0.1, 0.15) is 0 Å². The molecule has 0 aromatic carbocycles. The summed E-state index contributed by atoms with van der Waals surface area (Å²) in [5.41, 5.74) is 0.0132. The maximum Gasteiger partial charge on any atom is 0.00970 e. The largest absolute Gasteiger partial charge is 0.179 e. The average Bonchev–Trinajstić information content (AvgIpc) is 2.56. The summed E-state index contributed by atoms with van der Waals surface area (Å²) in [7, 11) is 0. The molecule has 24 heavy (non-hydrogen) atoms. The first kappa shape index (κ1) is 26.8. The van der Waals surface area contributed by atoms with Crippen LogP contribution < -0.4 is 0 Å². The Morgan fingerprint density at radius 1 is 0.542 bits per heavy atom.